The van der Waals surface area contributed by atoms with E-state index in [0.29, 0.717) is 5.75 Å². The van der Waals surface area contributed by atoms with Crippen molar-refractivity contribution in [1.82, 2.24) is 0 Å². The highest BCUT2D eigenvalue weighted by molar-refractivity contribution is 5.88. The summed E-state index contributed by atoms with van der Waals surface area (Å²) in [5, 5.41) is 9.19. The minimum atomic E-state index is -1.02. The molecule has 0 aromatic heterocycles. The van der Waals surface area contributed by atoms with Crippen LogP contribution in [0.2, 0.25) is 0 Å². The summed E-state index contributed by atoms with van der Waals surface area (Å²) in [5.41, 5.74) is 5.96. The molecule has 0 atom stereocenters. The second-order valence-corrected chi connectivity index (χ2v) is 7.89. The lowest BCUT2D eigenvalue weighted by atomic mass is 9.96. The maximum absolute atomic E-state index is 11.2. The fraction of sp³-hybridized carbons (Fsp3) is 0.0312. The van der Waals surface area contributed by atoms with E-state index in [9.17, 15) is 9.90 Å². The zero-order valence-corrected chi connectivity index (χ0v) is 19.2. The number of ether oxygens (including phenoxy) is 1. The molecule has 0 aliphatic rings. The van der Waals surface area contributed by atoms with Gasteiger partial charge in [-0.1, -0.05) is 134 Å². The van der Waals surface area contributed by atoms with Crippen molar-refractivity contribution in [1.29, 1.82) is 0 Å². The first kappa shape index (κ1) is 23.5. The second kappa shape index (κ2) is 12.0. The molecule has 4 aromatic rings. The maximum atomic E-state index is 11.2. The summed E-state index contributed by atoms with van der Waals surface area (Å²) in [7, 11) is 0. The Balaban J connectivity index is 1.83. The molecule has 3 heteroatoms. The van der Waals surface area contributed by atoms with Crippen LogP contribution in [0.15, 0.2) is 103 Å². The highest BCUT2D eigenvalue weighted by Gasteiger charge is 2.11. The minimum Gasteiger partial charge on any atom is -0.481 e. The van der Waals surface area contributed by atoms with Gasteiger partial charge in [0.05, 0.1) is 0 Å². The lowest BCUT2D eigenvalue weighted by molar-refractivity contribution is -0.139. The molecule has 0 saturated carbocycles. The highest BCUT2D eigenvalue weighted by atomic mass is 16.5. The van der Waals surface area contributed by atoms with Gasteiger partial charge < -0.3 is 9.84 Å². The molecule has 3 nitrogen and oxygen atoms in total. The van der Waals surface area contributed by atoms with Gasteiger partial charge >= 0.3 is 5.97 Å². The van der Waals surface area contributed by atoms with E-state index in [1.54, 1.807) is 0 Å². The molecular formula is C32H26O3. The van der Waals surface area contributed by atoms with Crippen LogP contribution in [0.3, 0.4) is 0 Å². The first-order chi connectivity index (χ1) is 17.2. The van der Waals surface area contributed by atoms with Gasteiger partial charge in [0.1, 0.15) is 5.75 Å². The van der Waals surface area contributed by atoms with E-state index in [2.05, 4.69) is 36.4 Å². The molecule has 0 bridgehead atoms. The van der Waals surface area contributed by atoms with Crippen LogP contribution in [0, 0.1) is 0 Å². The Labute approximate surface area is 206 Å². The first-order valence-electron chi connectivity index (χ1n) is 11.4. The van der Waals surface area contributed by atoms with Crippen LogP contribution < -0.4 is 4.74 Å². The number of carboxylic acids is 1. The van der Waals surface area contributed by atoms with Gasteiger partial charge in [-0.2, -0.15) is 0 Å². The van der Waals surface area contributed by atoms with E-state index in [1.165, 1.54) is 0 Å². The smallest absolute Gasteiger partial charge is 0.341 e. The lowest BCUT2D eigenvalue weighted by Crippen LogP contribution is -2.10. The fourth-order valence-electron chi connectivity index (χ4n) is 3.64. The van der Waals surface area contributed by atoms with E-state index in [-0.39, 0.29) is 0 Å². The van der Waals surface area contributed by atoms with Gasteiger partial charge in [0.2, 0.25) is 0 Å². The van der Waals surface area contributed by atoms with Crippen molar-refractivity contribution < 1.29 is 14.6 Å². The number of benzene rings is 4. The molecule has 4 rings (SSSR count). The monoisotopic (exact) mass is 458 g/mol. The molecule has 172 valence electrons. The Hall–Kier alpha value is -4.63. The van der Waals surface area contributed by atoms with Crippen molar-refractivity contribution in [2.75, 3.05) is 6.61 Å². The summed E-state index contributed by atoms with van der Waals surface area (Å²) in [4.78, 5) is 11.2. The summed E-state index contributed by atoms with van der Waals surface area (Å²) < 4.78 is 5.69. The van der Waals surface area contributed by atoms with Crippen molar-refractivity contribution in [3.8, 4) is 5.75 Å². The first-order valence-corrected chi connectivity index (χ1v) is 11.4. The van der Waals surface area contributed by atoms with Crippen LogP contribution in [-0.4, -0.2) is 17.7 Å². The number of aliphatic carboxylic acids is 1. The summed E-state index contributed by atoms with van der Waals surface area (Å²) in [6, 6.07) is 33.9. The van der Waals surface area contributed by atoms with Crippen molar-refractivity contribution in [2.24, 2.45) is 0 Å². The molecule has 0 amide bonds. The molecule has 0 radical (unpaired) electrons. The third kappa shape index (κ3) is 6.92. The molecule has 0 aliphatic heterocycles. The normalized spacial score (nSPS) is 11.4. The second-order valence-electron chi connectivity index (χ2n) is 7.89. The third-order valence-electron chi connectivity index (χ3n) is 5.37. The van der Waals surface area contributed by atoms with Crippen LogP contribution in [-0.2, 0) is 4.79 Å². The van der Waals surface area contributed by atoms with Gasteiger partial charge in [0.25, 0.3) is 0 Å². The van der Waals surface area contributed by atoms with Crippen molar-refractivity contribution in [3.05, 3.63) is 137 Å². The predicted octanol–water partition coefficient (Wildman–Crippen LogP) is 7.66. The molecule has 0 saturated heterocycles. The highest BCUT2D eigenvalue weighted by Crippen LogP contribution is 2.31. The van der Waals surface area contributed by atoms with E-state index in [4.69, 9.17) is 4.74 Å². The van der Waals surface area contributed by atoms with E-state index >= 15 is 0 Å². The Morgan fingerprint density at radius 3 is 1.51 bits per heavy atom. The van der Waals surface area contributed by atoms with Gasteiger partial charge in [-0.15, -0.1) is 0 Å². The lowest BCUT2D eigenvalue weighted by Gasteiger charge is -2.13. The van der Waals surface area contributed by atoms with Crippen LogP contribution in [0.5, 0.6) is 5.75 Å². The quantitative estimate of drug-likeness (QED) is 0.262. The predicted molar refractivity (Wildman–Crippen MR) is 146 cm³/mol. The Kier molecular flexibility index (Phi) is 8.07. The molecule has 4 aromatic carbocycles. The van der Waals surface area contributed by atoms with Crippen LogP contribution in [0.25, 0.3) is 36.5 Å². The number of rotatable bonds is 9. The summed E-state index contributed by atoms with van der Waals surface area (Å²) in [6.07, 6.45) is 12.2. The van der Waals surface area contributed by atoms with Gasteiger partial charge in [-0.25, -0.2) is 4.79 Å². The third-order valence-corrected chi connectivity index (χ3v) is 5.37. The van der Waals surface area contributed by atoms with Gasteiger partial charge in [-0.05, 0) is 33.9 Å². The van der Waals surface area contributed by atoms with Crippen LogP contribution in [0.1, 0.15) is 33.4 Å². The number of hydrogen-bond acceptors (Lipinski definition) is 2. The summed E-state index contributed by atoms with van der Waals surface area (Å²) in [5.74, 6) is -0.499. The van der Waals surface area contributed by atoms with Crippen LogP contribution in [0.4, 0.5) is 0 Å². The van der Waals surface area contributed by atoms with Gasteiger partial charge in [0, 0.05) is 5.56 Å². The Bertz CT molecular complexity index is 1340. The van der Waals surface area contributed by atoms with Gasteiger partial charge in [-0.3, -0.25) is 0 Å². The molecule has 0 fully saturated rings. The number of carbonyl (C=O) groups is 1. The van der Waals surface area contributed by atoms with E-state index < -0.39 is 12.6 Å². The van der Waals surface area contributed by atoms with E-state index in [1.807, 2.05) is 103 Å². The van der Waals surface area contributed by atoms with Crippen LogP contribution >= 0.6 is 0 Å². The zero-order chi connectivity index (χ0) is 24.3. The largest absolute Gasteiger partial charge is 0.481 e. The number of carboxylic acid groups (broad SMARTS) is 1. The fourth-order valence-corrected chi connectivity index (χ4v) is 3.64. The maximum Gasteiger partial charge on any atom is 0.341 e. The minimum absolute atomic E-state index is 0.410. The molecule has 35 heavy (non-hydrogen) atoms. The number of hydrogen-bond donors (Lipinski definition) is 1. The van der Waals surface area contributed by atoms with Crippen molar-refractivity contribution in [2.45, 2.75) is 0 Å². The van der Waals surface area contributed by atoms with Gasteiger partial charge in [0.15, 0.2) is 6.61 Å². The average Bonchev–Trinajstić information content (AvgIpc) is 2.90. The summed E-state index contributed by atoms with van der Waals surface area (Å²) in [6.45, 7) is -0.410. The molecule has 0 heterocycles. The molecule has 1 N–H and O–H groups in total. The molecule has 0 aliphatic carbocycles. The van der Waals surface area contributed by atoms with Crippen molar-refractivity contribution >= 4 is 42.4 Å². The molecular weight excluding hydrogens is 432 g/mol. The Morgan fingerprint density at radius 2 is 1.03 bits per heavy atom. The van der Waals surface area contributed by atoms with Crippen molar-refractivity contribution in [3.63, 3.8) is 0 Å². The molecule has 0 spiro atoms. The van der Waals surface area contributed by atoms with E-state index in [0.717, 1.165) is 33.4 Å². The Morgan fingerprint density at radius 1 is 0.571 bits per heavy atom. The topological polar surface area (TPSA) is 46.5 Å². The summed E-state index contributed by atoms with van der Waals surface area (Å²) >= 11 is 0. The molecule has 0 unspecified atom stereocenters. The standard InChI is InChI=1S/C32H26O3/c33-32(34)24-35-31-23-20-28(19-16-25-10-4-1-5-11-25)29(21-17-26-12-6-2-7-13-26)30(31)22-18-27-14-8-3-9-15-27/h1-23H,24H2,(H,33,34). The average molecular weight is 459 g/mol. The SMILES string of the molecule is O=C(O)COc1ccc(C=Cc2ccccc2)c(C=Cc2ccccc2)c1C=Cc1ccccc1. The zero-order valence-electron chi connectivity index (χ0n) is 19.2.